The number of aryl methyl sites for hydroxylation is 1. The third-order valence-corrected chi connectivity index (χ3v) is 4.05. The minimum absolute atomic E-state index is 0.143. The standard InChI is InChI=1S/C17H19NO2/c1-12-6-5-7-13-15(20-2)9-8-14(16(12)13)17(19)18-10-3-4-11-18/h5-9H,3-4,10-11H2,1-2H3. The predicted octanol–water partition coefficient (Wildman–Crippen LogP) is 3.39. The van der Waals surface area contributed by atoms with Crippen LogP contribution in [0.3, 0.4) is 0 Å². The number of ether oxygens (including phenoxy) is 1. The minimum atomic E-state index is 0.143. The maximum absolute atomic E-state index is 12.7. The fourth-order valence-corrected chi connectivity index (χ4v) is 3.01. The zero-order valence-electron chi connectivity index (χ0n) is 12.0. The van der Waals surface area contributed by atoms with Gasteiger partial charge < -0.3 is 9.64 Å². The second kappa shape index (κ2) is 5.16. The fourth-order valence-electron chi connectivity index (χ4n) is 3.01. The number of amides is 1. The number of hydrogen-bond acceptors (Lipinski definition) is 2. The van der Waals surface area contributed by atoms with Crippen molar-refractivity contribution in [1.82, 2.24) is 4.90 Å². The molecule has 0 bridgehead atoms. The van der Waals surface area contributed by atoms with Crippen molar-refractivity contribution in [2.24, 2.45) is 0 Å². The Morgan fingerprint density at radius 2 is 1.90 bits per heavy atom. The largest absolute Gasteiger partial charge is 0.496 e. The van der Waals surface area contributed by atoms with E-state index in [4.69, 9.17) is 4.74 Å². The average Bonchev–Trinajstić information content (AvgIpc) is 3.00. The van der Waals surface area contributed by atoms with Crippen LogP contribution in [0, 0.1) is 6.92 Å². The van der Waals surface area contributed by atoms with Gasteiger partial charge in [-0.2, -0.15) is 0 Å². The quantitative estimate of drug-likeness (QED) is 0.836. The van der Waals surface area contributed by atoms with Crippen LogP contribution in [0.1, 0.15) is 28.8 Å². The van der Waals surface area contributed by atoms with Gasteiger partial charge in [0.2, 0.25) is 0 Å². The Morgan fingerprint density at radius 1 is 1.15 bits per heavy atom. The van der Waals surface area contributed by atoms with Crippen LogP contribution in [0.4, 0.5) is 0 Å². The second-order valence-corrected chi connectivity index (χ2v) is 5.31. The van der Waals surface area contributed by atoms with E-state index in [0.29, 0.717) is 0 Å². The SMILES string of the molecule is COc1ccc(C(=O)N2CCCC2)c2c(C)cccc12. The molecule has 2 aromatic carbocycles. The van der Waals surface area contributed by atoms with E-state index in [1.807, 2.05) is 42.2 Å². The lowest BCUT2D eigenvalue weighted by Gasteiger charge is -2.18. The van der Waals surface area contributed by atoms with E-state index >= 15 is 0 Å². The van der Waals surface area contributed by atoms with Crippen molar-refractivity contribution in [2.45, 2.75) is 19.8 Å². The van der Waals surface area contributed by atoms with E-state index in [0.717, 1.165) is 53.6 Å². The van der Waals surface area contributed by atoms with Crippen LogP contribution in [0.5, 0.6) is 5.75 Å². The van der Waals surface area contributed by atoms with Gasteiger partial charge in [-0.25, -0.2) is 0 Å². The molecule has 2 aromatic rings. The first-order chi connectivity index (χ1) is 9.72. The Balaban J connectivity index is 2.18. The van der Waals surface area contributed by atoms with Gasteiger partial charge in [0.05, 0.1) is 7.11 Å². The van der Waals surface area contributed by atoms with Crippen molar-refractivity contribution in [3.8, 4) is 5.75 Å². The van der Waals surface area contributed by atoms with Gasteiger partial charge in [0, 0.05) is 29.4 Å². The Hall–Kier alpha value is -2.03. The fraction of sp³-hybridized carbons (Fsp3) is 0.353. The Kier molecular flexibility index (Phi) is 3.35. The zero-order chi connectivity index (χ0) is 14.1. The average molecular weight is 269 g/mol. The maximum atomic E-state index is 12.7. The molecule has 1 fully saturated rings. The molecule has 0 saturated carbocycles. The normalized spacial score (nSPS) is 14.8. The number of nitrogens with zero attached hydrogens (tertiary/aromatic N) is 1. The highest BCUT2D eigenvalue weighted by Crippen LogP contribution is 2.31. The summed E-state index contributed by atoms with van der Waals surface area (Å²) in [5, 5.41) is 2.03. The molecule has 1 saturated heterocycles. The lowest BCUT2D eigenvalue weighted by molar-refractivity contribution is 0.0794. The molecular weight excluding hydrogens is 250 g/mol. The van der Waals surface area contributed by atoms with E-state index in [2.05, 4.69) is 0 Å². The molecule has 0 N–H and O–H groups in total. The van der Waals surface area contributed by atoms with E-state index < -0.39 is 0 Å². The van der Waals surface area contributed by atoms with Gasteiger partial charge >= 0.3 is 0 Å². The van der Waals surface area contributed by atoms with Crippen LogP contribution >= 0.6 is 0 Å². The van der Waals surface area contributed by atoms with Crippen LogP contribution < -0.4 is 4.74 Å². The summed E-state index contributed by atoms with van der Waals surface area (Å²) in [5.41, 5.74) is 1.91. The Labute approximate surface area is 119 Å². The first-order valence-corrected chi connectivity index (χ1v) is 7.08. The number of benzene rings is 2. The molecule has 0 aliphatic carbocycles. The summed E-state index contributed by atoms with van der Waals surface area (Å²) >= 11 is 0. The number of fused-ring (bicyclic) bond motifs is 1. The number of hydrogen-bond donors (Lipinski definition) is 0. The number of methoxy groups -OCH3 is 1. The van der Waals surface area contributed by atoms with Gasteiger partial charge in [-0.1, -0.05) is 18.2 Å². The molecule has 0 unspecified atom stereocenters. The highest BCUT2D eigenvalue weighted by atomic mass is 16.5. The Morgan fingerprint density at radius 3 is 2.60 bits per heavy atom. The molecule has 0 spiro atoms. The Bertz CT molecular complexity index is 657. The van der Waals surface area contributed by atoms with Crippen molar-refractivity contribution in [2.75, 3.05) is 20.2 Å². The number of carbonyl (C=O) groups excluding carboxylic acids is 1. The monoisotopic (exact) mass is 269 g/mol. The summed E-state index contributed by atoms with van der Waals surface area (Å²) in [7, 11) is 1.67. The van der Waals surface area contributed by atoms with Crippen molar-refractivity contribution in [1.29, 1.82) is 0 Å². The van der Waals surface area contributed by atoms with Crippen molar-refractivity contribution < 1.29 is 9.53 Å². The van der Waals surface area contributed by atoms with Crippen molar-refractivity contribution >= 4 is 16.7 Å². The summed E-state index contributed by atoms with van der Waals surface area (Å²) in [6.45, 7) is 3.79. The topological polar surface area (TPSA) is 29.5 Å². The van der Waals surface area contributed by atoms with Gasteiger partial charge in [-0.3, -0.25) is 4.79 Å². The molecule has 1 heterocycles. The molecule has 0 radical (unpaired) electrons. The summed E-state index contributed by atoms with van der Waals surface area (Å²) in [6.07, 6.45) is 2.22. The van der Waals surface area contributed by atoms with Gasteiger partial charge in [-0.05, 0) is 37.5 Å². The summed E-state index contributed by atoms with van der Waals surface area (Å²) < 4.78 is 5.42. The molecule has 1 aliphatic heterocycles. The summed E-state index contributed by atoms with van der Waals surface area (Å²) in [5.74, 6) is 0.964. The molecule has 1 aliphatic rings. The molecule has 0 atom stereocenters. The zero-order valence-corrected chi connectivity index (χ0v) is 12.0. The molecule has 3 heteroatoms. The van der Waals surface area contributed by atoms with E-state index in [-0.39, 0.29) is 5.91 Å². The molecule has 3 nitrogen and oxygen atoms in total. The number of rotatable bonds is 2. The van der Waals surface area contributed by atoms with Gasteiger partial charge in [0.25, 0.3) is 5.91 Å². The summed E-state index contributed by atoms with van der Waals surface area (Å²) in [6, 6.07) is 9.86. The first-order valence-electron chi connectivity index (χ1n) is 7.08. The molecule has 3 rings (SSSR count). The number of carbonyl (C=O) groups is 1. The molecule has 0 aromatic heterocycles. The lowest BCUT2D eigenvalue weighted by atomic mass is 9.98. The molecular formula is C17H19NO2. The van der Waals surface area contributed by atoms with Crippen LogP contribution in [0.25, 0.3) is 10.8 Å². The lowest BCUT2D eigenvalue weighted by Crippen LogP contribution is -2.27. The maximum Gasteiger partial charge on any atom is 0.254 e. The van der Waals surface area contributed by atoms with Crippen LogP contribution in [0.2, 0.25) is 0 Å². The van der Waals surface area contributed by atoms with Gasteiger partial charge in [-0.15, -0.1) is 0 Å². The molecule has 1 amide bonds. The van der Waals surface area contributed by atoms with Gasteiger partial charge in [0.15, 0.2) is 0 Å². The predicted molar refractivity (Wildman–Crippen MR) is 80.4 cm³/mol. The molecule has 20 heavy (non-hydrogen) atoms. The van der Waals surface area contributed by atoms with E-state index in [1.54, 1.807) is 7.11 Å². The highest BCUT2D eigenvalue weighted by Gasteiger charge is 2.22. The summed E-state index contributed by atoms with van der Waals surface area (Å²) in [4.78, 5) is 14.6. The third kappa shape index (κ3) is 2.03. The van der Waals surface area contributed by atoms with E-state index in [1.165, 1.54) is 0 Å². The minimum Gasteiger partial charge on any atom is -0.496 e. The first kappa shape index (κ1) is 13.0. The molecule has 104 valence electrons. The third-order valence-electron chi connectivity index (χ3n) is 4.05. The van der Waals surface area contributed by atoms with Gasteiger partial charge in [0.1, 0.15) is 5.75 Å². The smallest absolute Gasteiger partial charge is 0.254 e. The second-order valence-electron chi connectivity index (χ2n) is 5.31. The van der Waals surface area contributed by atoms with Crippen LogP contribution in [0.15, 0.2) is 30.3 Å². The van der Waals surface area contributed by atoms with Crippen molar-refractivity contribution in [3.05, 3.63) is 41.5 Å². The highest BCUT2D eigenvalue weighted by molar-refractivity contribution is 6.09. The number of likely N-dealkylation sites (tertiary alicyclic amines) is 1. The van der Waals surface area contributed by atoms with E-state index in [9.17, 15) is 4.79 Å². The van der Waals surface area contributed by atoms with Crippen LogP contribution in [-0.2, 0) is 0 Å². The van der Waals surface area contributed by atoms with Crippen molar-refractivity contribution in [3.63, 3.8) is 0 Å². The van der Waals surface area contributed by atoms with Crippen LogP contribution in [-0.4, -0.2) is 31.0 Å².